The van der Waals surface area contributed by atoms with E-state index >= 15 is 0 Å². The highest BCUT2D eigenvalue weighted by molar-refractivity contribution is 5.53. The molecule has 0 amide bonds. The number of benzene rings is 1. The van der Waals surface area contributed by atoms with Crippen LogP contribution in [0.15, 0.2) is 30.3 Å². The van der Waals surface area contributed by atoms with Crippen molar-refractivity contribution in [1.29, 1.82) is 0 Å². The van der Waals surface area contributed by atoms with Crippen molar-refractivity contribution in [3.8, 4) is 0 Å². The smallest absolute Gasteiger partial charge is 0.00433 e. The van der Waals surface area contributed by atoms with Crippen LogP contribution in [0.25, 0.3) is 6.08 Å². The van der Waals surface area contributed by atoms with Crippen molar-refractivity contribution in [3.05, 3.63) is 41.5 Å². The van der Waals surface area contributed by atoms with E-state index < -0.39 is 0 Å². The second-order valence-corrected chi connectivity index (χ2v) is 4.30. The molecule has 1 fully saturated rings. The minimum Gasteiger partial charge on any atom is -0.317 e. The molecule has 0 aliphatic carbocycles. The summed E-state index contributed by atoms with van der Waals surface area (Å²) in [6.45, 7) is 4.51. The van der Waals surface area contributed by atoms with E-state index in [4.69, 9.17) is 0 Å². The van der Waals surface area contributed by atoms with E-state index in [1.54, 1.807) is 0 Å². The molecule has 15 heavy (non-hydrogen) atoms. The first-order valence-electron chi connectivity index (χ1n) is 5.81. The van der Waals surface area contributed by atoms with Gasteiger partial charge in [-0.15, -0.1) is 0 Å². The van der Waals surface area contributed by atoms with Gasteiger partial charge in [0.05, 0.1) is 0 Å². The Labute approximate surface area is 92.2 Å². The Balaban J connectivity index is 2.01. The number of piperidine rings is 1. The molecule has 0 radical (unpaired) electrons. The molecule has 0 aromatic heterocycles. The fraction of sp³-hybridized carbons (Fsp3) is 0.429. The lowest BCUT2D eigenvalue weighted by Crippen LogP contribution is -2.26. The number of aryl methyl sites for hydroxylation is 1. The van der Waals surface area contributed by atoms with E-state index in [0.717, 1.165) is 5.92 Å². The number of hydrogen-bond donors (Lipinski definition) is 1. The van der Waals surface area contributed by atoms with Gasteiger partial charge in [0.15, 0.2) is 0 Å². The summed E-state index contributed by atoms with van der Waals surface area (Å²) < 4.78 is 0. The first-order chi connectivity index (χ1) is 7.36. The van der Waals surface area contributed by atoms with E-state index in [2.05, 4.69) is 48.7 Å². The van der Waals surface area contributed by atoms with Crippen molar-refractivity contribution < 1.29 is 0 Å². The molecule has 80 valence electrons. The maximum Gasteiger partial charge on any atom is -0.00433 e. The summed E-state index contributed by atoms with van der Waals surface area (Å²) in [5.41, 5.74) is 2.72. The van der Waals surface area contributed by atoms with Crippen LogP contribution in [-0.4, -0.2) is 13.1 Å². The van der Waals surface area contributed by atoms with Crippen LogP contribution in [0.4, 0.5) is 0 Å². The van der Waals surface area contributed by atoms with Crippen LogP contribution in [-0.2, 0) is 0 Å². The third-order valence-corrected chi connectivity index (χ3v) is 3.12. The molecular weight excluding hydrogens is 182 g/mol. The molecule has 1 heterocycles. The predicted octanol–water partition coefficient (Wildman–Crippen LogP) is 3.01. The van der Waals surface area contributed by atoms with E-state index in [9.17, 15) is 0 Å². The van der Waals surface area contributed by atoms with Gasteiger partial charge < -0.3 is 5.32 Å². The first-order valence-corrected chi connectivity index (χ1v) is 5.81. The molecule has 1 N–H and O–H groups in total. The van der Waals surface area contributed by atoms with Gasteiger partial charge in [-0.1, -0.05) is 36.4 Å². The number of allylic oxidation sites excluding steroid dienone is 1. The molecule has 1 aromatic carbocycles. The first kappa shape index (κ1) is 10.4. The van der Waals surface area contributed by atoms with Gasteiger partial charge in [0.25, 0.3) is 0 Å². The summed E-state index contributed by atoms with van der Waals surface area (Å²) in [5.74, 6) is 0.769. The summed E-state index contributed by atoms with van der Waals surface area (Å²) in [4.78, 5) is 0. The van der Waals surface area contributed by atoms with Gasteiger partial charge >= 0.3 is 0 Å². The normalized spacial score (nSPS) is 18.5. The molecule has 1 nitrogen and oxygen atoms in total. The zero-order valence-electron chi connectivity index (χ0n) is 9.37. The highest BCUT2D eigenvalue weighted by Gasteiger charge is 2.08. The van der Waals surface area contributed by atoms with Crippen molar-refractivity contribution in [2.75, 3.05) is 13.1 Å². The number of rotatable bonds is 2. The Kier molecular flexibility index (Phi) is 3.57. The summed E-state index contributed by atoms with van der Waals surface area (Å²) >= 11 is 0. The minimum absolute atomic E-state index is 0.769. The van der Waals surface area contributed by atoms with Crippen molar-refractivity contribution in [3.63, 3.8) is 0 Å². The second-order valence-electron chi connectivity index (χ2n) is 4.30. The monoisotopic (exact) mass is 201 g/mol. The zero-order chi connectivity index (χ0) is 10.5. The van der Waals surface area contributed by atoms with E-state index in [0.29, 0.717) is 0 Å². The topological polar surface area (TPSA) is 12.0 Å². The maximum atomic E-state index is 3.39. The quantitative estimate of drug-likeness (QED) is 0.775. The van der Waals surface area contributed by atoms with Crippen LogP contribution in [0.3, 0.4) is 0 Å². The Morgan fingerprint density at radius 1 is 1.20 bits per heavy atom. The Hall–Kier alpha value is -1.08. The van der Waals surface area contributed by atoms with Crippen LogP contribution in [0, 0.1) is 12.8 Å². The van der Waals surface area contributed by atoms with E-state index in [1.807, 2.05) is 0 Å². The molecule has 0 bridgehead atoms. The largest absolute Gasteiger partial charge is 0.317 e. The lowest BCUT2D eigenvalue weighted by atomic mass is 9.96. The van der Waals surface area contributed by atoms with Crippen LogP contribution < -0.4 is 5.32 Å². The van der Waals surface area contributed by atoms with E-state index in [-0.39, 0.29) is 0 Å². The highest BCUT2D eigenvalue weighted by Crippen LogP contribution is 2.16. The minimum atomic E-state index is 0.769. The van der Waals surface area contributed by atoms with Gasteiger partial charge in [-0.05, 0) is 49.9 Å². The van der Waals surface area contributed by atoms with Gasteiger partial charge in [0.2, 0.25) is 0 Å². The third kappa shape index (κ3) is 2.93. The van der Waals surface area contributed by atoms with Gasteiger partial charge in [-0.25, -0.2) is 0 Å². The molecule has 0 atom stereocenters. The van der Waals surface area contributed by atoms with Crippen LogP contribution in [0.2, 0.25) is 0 Å². The molecule has 1 aliphatic rings. The van der Waals surface area contributed by atoms with E-state index in [1.165, 1.54) is 37.1 Å². The van der Waals surface area contributed by atoms with Crippen molar-refractivity contribution in [1.82, 2.24) is 5.32 Å². The molecule has 1 aliphatic heterocycles. The lowest BCUT2D eigenvalue weighted by molar-refractivity contribution is 0.438. The SMILES string of the molecule is Cc1ccccc1/C=C/C1CCNCC1. The highest BCUT2D eigenvalue weighted by atomic mass is 14.9. The zero-order valence-corrected chi connectivity index (χ0v) is 9.37. The van der Waals surface area contributed by atoms with Gasteiger partial charge in [0.1, 0.15) is 0 Å². The fourth-order valence-electron chi connectivity index (χ4n) is 2.05. The number of hydrogen-bond acceptors (Lipinski definition) is 1. The molecule has 1 aromatic rings. The predicted molar refractivity (Wildman–Crippen MR) is 65.8 cm³/mol. The molecule has 0 spiro atoms. The van der Waals surface area contributed by atoms with Crippen molar-refractivity contribution >= 4 is 6.08 Å². The molecule has 1 heteroatoms. The van der Waals surface area contributed by atoms with Crippen LogP contribution in [0.5, 0.6) is 0 Å². The fourth-order valence-corrected chi connectivity index (χ4v) is 2.05. The Bertz CT molecular complexity index is 335. The van der Waals surface area contributed by atoms with Gasteiger partial charge in [-0.2, -0.15) is 0 Å². The molecular formula is C14H19N. The van der Waals surface area contributed by atoms with Crippen molar-refractivity contribution in [2.24, 2.45) is 5.92 Å². The lowest BCUT2D eigenvalue weighted by Gasteiger charge is -2.19. The Morgan fingerprint density at radius 2 is 1.93 bits per heavy atom. The standard InChI is InChI=1S/C14H19N/c1-12-4-2-3-5-14(12)7-6-13-8-10-15-11-9-13/h2-7,13,15H,8-11H2,1H3/b7-6+. The third-order valence-electron chi connectivity index (χ3n) is 3.12. The van der Waals surface area contributed by atoms with Crippen LogP contribution >= 0.6 is 0 Å². The second kappa shape index (κ2) is 5.13. The van der Waals surface area contributed by atoms with Gasteiger partial charge in [-0.3, -0.25) is 0 Å². The average Bonchev–Trinajstić information content (AvgIpc) is 2.29. The molecule has 2 rings (SSSR count). The summed E-state index contributed by atoms with van der Waals surface area (Å²) in [6.07, 6.45) is 7.22. The van der Waals surface area contributed by atoms with Gasteiger partial charge in [0, 0.05) is 0 Å². The summed E-state index contributed by atoms with van der Waals surface area (Å²) in [6, 6.07) is 8.56. The van der Waals surface area contributed by atoms with Crippen LogP contribution in [0.1, 0.15) is 24.0 Å². The van der Waals surface area contributed by atoms with Crippen molar-refractivity contribution in [2.45, 2.75) is 19.8 Å². The molecule has 1 saturated heterocycles. The Morgan fingerprint density at radius 3 is 2.67 bits per heavy atom. The maximum absolute atomic E-state index is 3.39. The molecule has 0 saturated carbocycles. The summed E-state index contributed by atoms with van der Waals surface area (Å²) in [7, 11) is 0. The molecule has 0 unspecified atom stereocenters. The number of nitrogens with one attached hydrogen (secondary N) is 1. The summed E-state index contributed by atoms with van der Waals surface area (Å²) in [5, 5.41) is 3.39. The average molecular weight is 201 g/mol.